The first-order valence-electron chi connectivity index (χ1n) is 9.75. The SMILES string of the molecule is CN(C)C(CNC(=O)Nc1ccc(N2CCc3sccc3C2)cc1)c1ccco1. The number of hydrogen-bond donors (Lipinski definition) is 2. The van der Waals surface area contributed by atoms with Crippen LogP contribution in [0.5, 0.6) is 0 Å². The van der Waals surface area contributed by atoms with Gasteiger partial charge in [-0.3, -0.25) is 4.90 Å². The van der Waals surface area contributed by atoms with Crippen LogP contribution in [0.15, 0.2) is 58.5 Å². The second-order valence-electron chi connectivity index (χ2n) is 7.42. The molecule has 0 saturated carbocycles. The molecule has 2 amide bonds. The summed E-state index contributed by atoms with van der Waals surface area (Å²) in [6.45, 7) is 2.44. The first kappa shape index (κ1) is 19.5. The number of carbonyl (C=O) groups is 1. The van der Waals surface area contributed by atoms with Crippen LogP contribution in [0.25, 0.3) is 0 Å². The van der Waals surface area contributed by atoms with E-state index in [4.69, 9.17) is 4.42 Å². The number of hydrogen-bond acceptors (Lipinski definition) is 5. The third kappa shape index (κ3) is 4.63. The molecule has 152 valence electrons. The summed E-state index contributed by atoms with van der Waals surface area (Å²) in [5.41, 5.74) is 3.38. The first-order valence-corrected chi connectivity index (χ1v) is 10.6. The third-order valence-electron chi connectivity index (χ3n) is 5.25. The van der Waals surface area contributed by atoms with Gasteiger partial charge in [0.1, 0.15) is 5.76 Å². The van der Waals surface area contributed by atoms with E-state index in [0.29, 0.717) is 6.54 Å². The number of rotatable bonds is 6. The largest absolute Gasteiger partial charge is 0.468 e. The fourth-order valence-corrected chi connectivity index (χ4v) is 4.50. The van der Waals surface area contributed by atoms with Crippen LogP contribution in [0.2, 0.25) is 0 Å². The lowest BCUT2D eigenvalue weighted by Gasteiger charge is -2.29. The zero-order valence-electron chi connectivity index (χ0n) is 16.7. The van der Waals surface area contributed by atoms with Crippen molar-refractivity contribution in [2.24, 2.45) is 0 Å². The maximum absolute atomic E-state index is 12.3. The molecule has 1 aliphatic rings. The van der Waals surface area contributed by atoms with Crippen LogP contribution in [0.1, 0.15) is 22.2 Å². The fourth-order valence-electron chi connectivity index (χ4n) is 3.61. The molecule has 0 spiro atoms. The van der Waals surface area contributed by atoms with Crippen molar-refractivity contribution in [3.8, 4) is 0 Å². The van der Waals surface area contributed by atoms with Crippen LogP contribution in [0.3, 0.4) is 0 Å². The second-order valence-corrected chi connectivity index (χ2v) is 8.42. The van der Waals surface area contributed by atoms with Crippen molar-refractivity contribution in [2.75, 3.05) is 37.4 Å². The number of carbonyl (C=O) groups excluding carboxylic acids is 1. The van der Waals surface area contributed by atoms with Crippen molar-refractivity contribution in [3.05, 3.63) is 70.3 Å². The molecule has 0 aliphatic carbocycles. The average molecular weight is 411 g/mol. The third-order valence-corrected chi connectivity index (χ3v) is 6.27. The average Bonchev–Trinajstić information content (AvgIpc) is 3.40. The Hall–Kier alpha value is -2.77. The van der Waals surface area contributed by atoms with E-state index in [1.807, 2.05) is 54.6 Å². The Balaban J connectivity index is 1.31. The monoisotopic (exact) mass is 410 g/mol. The number of fused-ring (bicyclic) bond motifs is 1. The Morgan fingerprint density at radius 2 is 2.07 bits per heavy atom. The number of nitrogens with one attached hydrogen (secondary N) is 2. The van der Waals surface area contributed by atoms with Crippen molar-refractivity contribution in [2.45, 2.75) is 19.0 Å². The molecule has 1 aliphatic heterocycles. The summed E-state index contributed by atoms with van der Waals surface area (Å²) in [7, 11) is 3.93. The number of furan rings is 1. The molecule has 7 heteroatoms. The Labute approximate surface area is 175 Å². The minimum Gasteiger partial charge on any atom is -0.468 e. The number of thiophene rings is 1. The van der Waals surface area contributed by atoms with Crippen molar-refractivity contribution >= 4 is 28.7 Å². The Morgan fingerprint density at radius 1 is 1.24 bits per heavy atom. The van der Waals surface area contributed by atoms with Gasteiger partial charge in [0.2, 0.25) is 0 Å². The van der Waals surface area contributed by atoms with E-state index >= 15 is 0 Å². The van der Waals surface area contributed by atoms with Gasteiger partial charge in [-0.05, 0) is 73.9 Å². The lowest BCUT2D eigenvalue weighted by molar-refractivity contribution is 0.233. The molecule has 2 N–H and O–H groups in total. The van der Waals surface area contributed by atoms with Crippen LogP contribution < -0.4 is 15.5 Å². The molecule has 3 aromatic rings. The van der Waals surface area contributed by atoms with E-state index in [0.717, 1.165) is 31.0 Å². The van der Waals surface area contributed by atoms with Crippen LogP contribution in [-0.2, 0) is 13.0 Å². The second kappa shape index (κ2) is 8.71. The Bertz CT molecular complexity index is 934. The molecule has 0 bridgehead atoms. The minimum absolute atomic E-state index is 0.0146. The summed E-state index contributed by atoms with van der Waals surface area (Å²) in [6.07, 6.45) is 2.74. The highest BCUT2D eigenvalue weighted by molar-refractivity contribution is 7.10. The van der Waals surface area contributed by atoms with E-state index < -0.39 is 0 Å². The van der Waals surface area contributed by atoms with E-state index in [1.165, 1.54) is 16.1 Å². The predicted molar refractivity (Wildman–Crippen MR) is 118 cm³/mol. The van der Waals surface area contributed by atoms with Gasteiger partial charge in [-0.25, -0.2) is 4.79 Å². The molecule has 6 nitrogen and oxygen atoms in total. The molecule has 1 aromatic carbocycles. The zero-order chi connectivity index (χ0) is 20.2. The van der Waals surface area contributed by atoms with E-state index in [-0.39, 0.29) is 12.1 Å². The number of amides is 2. The predicted octanol–water partition coefficient (Wildman–Crippen LogP) is 4.33. The quantitative estimate of drug-likeness (QED) is 0.635. The van der Waals surface area contributed by atoms with Crippen molar-refractivity contribution in [1.29, 1.82) is 0 Å². The topological polar surface area (TPSA) is 60.8 Å². The lowest BCUT2D eigenvalue weighted by atomic mass is 10.1. The maximum Gasteiger partial charge on any atom is 0.319 e. The van der Waals surface area contributed by atoms with Crippen LogP contribution in [0.4, 0.5) is 16.2 Å². The standard InChI is InChI=1S/C22H26N4O2S/c1-25(2)19(20-4-3-12-28-20)14-23-22(27)24-17-5-7-18(8-6-17)26-11-9-21-16(15-26)10-13-29-21/h3-8,10,12-13,19H,9,11,14-15H2,1-2H3,(H2,23,24,27). The normalized spacial score (nSPS) is 14.5. The molecule has 3 heterocycles. The number of nitrogens with zero attached hydrogens (tertiary/aromatic N) is 2. The smallest absolute Gasteiger partial charge is 0.319 e. The molecule has 2 aromatic heterocycles. The molecule has 0 fully saturated rings. The molecular formula is C22H26N4O2S. The van der Waals surface area contributed by atoms with Gasteiger partial charge in [-0.15, -0.1) is 11.3 Å². The molecule has 0 saturated heterocycles. The number of anilines is 2. The lowest BCUT2D eigenvalue weighted by Crippen LogP contribution is -2.36. The highest BCUT2D eigenvalue weighted by atomic mass is 32.1. The Kier molecular flexibility index (Phi) is 5.87. The van der Waals surface area contributed by atoms with Crippen LogP contribution in [-0.4, -0.2) is 38.1 Å². The number of likely N-dealkylation sites (N-methyl/N-ethyl adjacent to an activating group) is 1. The summed E-state index contributed by atoms with van der Waals surface area (Å²) in [4.78, 5) is 18.2. The molecule has 1 unspecified atom stereocenters. The maximum atomic E-state index is 12.3. The van der Waals surface area contributed by atoms with Gasteiger partial charge in [0.25, 0.3) is 0 Å². The van der Waals surface area contributed by atoms with Gasteiger partial charge in [0.05, 0.1) is 12.3 Å². The molecular weight excluding hydrogens is 384 g/mol. The van der Waals surface area contributed by atoms with Gasteiger partial charge in [-0.2, -0.15) is 0 Å². The highest BCUT2D eigenvalue weighted by Gasteiger charge is 2.19. The van der Waals surface area contributed by atoms with E-state index in [2.05, 4.69) is 39.1 Å². The van der Waals surface area contributed by atoms with Gasteiger partial charge in [-0.1, -0.05) is 0 Å². The summed E-state index contributed by atoms with van der Waals surface area (Å²) in [6, 6.07) is 13.8. The first-order chi connectivity index (χ1) is 14.1. The molecule has 4 rings (SSSR count). The van der Waals surface area contributed by atoms with Gasteiger partial charge in [0.15, 0.2) is 0 Å². The van der Waals surface area contributed by atoms with Crippen molar-refractivity contribution < 1.29 is 9.21 Å². The van der Waals surface area contributed by atoms with Gasteiger partial charge in [0, 0.05) is 35.9 Å². The van der Waals surface area contributed by atoms with Gasteiger partial charge >= 0.3 is 6.03 Å². The Morgan fingerprint density at radius 3 is 2.79 bits per heavy atom. The van der Waals surface area contributed by atoms with Crippen LogP contribution >= 0.6 is 11.3 Å². The van der Waals surface area contributed by atoms with Gasteiger partial charge < -0.3 is 20.0 Å². The summed E-state index contributed by atoms with van der Waals surface area (Å²) in [5.74, 6) is 0.829. The minimum atomic E-state index is -0.225. The molecule has 1 atom stereocenters. The number of benzene rings is 1. The van der Waals surface area contributed by atoms with Crippen molar-refractivity contribution in [3.63, 3.8) is 0 Å². The highest BCUT2D eigenvalue weighted by Crippen LogP contribution is 2.28. The number of urea groups is 1. The van der Waals surface area contributed by atoms with E-state index in [9.17, 15) is 4.79 Å². The summed E-state index contributed by atoms with van der Waals surface area (Å²) < 4.78 is 5.48. The molecule has 29 heavy (non-hydrogen) atoms. The van der Waals surface area contributed by atoms with Crippen LogP contribution in [0, 0.1) is 0 Å². The fraction of sp³-hybridized carbons (Fsp3) is 0.318. The summed E-state index contributed by atoms with van der Waals surface area (Å²) in [5, 5.41) is 8.01. The molecule has 0 radical (unpaired) electrons. The van der Waals surface area contributed by atoms with E-state index in [1.54, 1.807) is 6.26 Å². The summed E-state index contributed by atoms with van der Waals surface area (Å²) >= 11 is 1.85. The van der Waals surface area contributed by atoms with Crippen molar-refractivity contribution in [1.82, 2.24) is 10.2 Å². The zero-order valence-corrected chi connectivity index (χ0v) is 17.5.